The van der Waals surface area contributed by atoms with E-state index in [0.29, 0.717) is 35.6 Å². The largest absolute Gasteiger partial charge is 0.448 e. The lowest BCUT2D eigenvalue weighted by Crippen LogP contribution is -2.54. The Balaban J connectivity index is 1.15. The number of carbonyl (C=O) groups is 2. The van der Waals surface area contributed by atoms with E-state index in [2.05, 4.69) is 28.0 Å². The third-order valence-electron chi connectivity index (χ3n) is 7.91. The standard InChI is InChI=1S/C26H34N4O3/c1-17(31)18-7-9-21(10-8-18)27-26(32)33-16-22-13-20-11-12-30(22)15-23(20)25-14-24(28-29(25)2)19-5-3-4-6-19/h7-10,14,19-20,22-23H,3-6,11-13,15-16H2,1-2H3,(H,27,32)/t20-,22+,23-/m0/s1. The van der Waals surface area contributed by atoms with E-state index in [4.69, 9.17) is 9.84 Å². The predicted molar refractivity (Wildman–Crippen MR) is 127 cm³/mol. The smallest absolute Gasteiger partial charge is 0.411 e. The minimum atomic E-state index is -0.447. The molecule has 1 saturated carbocycles. The molecule has 1 aromatic heterocycles. The van der Waals surface area contributed by atoms with Crippen LogP contribution in [0.3, 0.4) is 0 Å². The van der Waals surface area contributed by atoms with Gasteiger partial charge >= 0.3 is 6.09 Å². The number of ether oxygens (including phenoxy) is 1. The Morgan fingerprint density at radius 1 is 1.15 bits per heavy atom. The fraction of sp³-hybridized carbons (Fsp3) is 0.577. The second-order valence-corrected chi connectivity index (χ2v) is 10.00. The van der Waals surface area contributed by atoms with Gasteiger partial charge in [-0.15, -0.1) is 0 Å². The van der Waals surface area contributed by atoms with Gasteiger partial charge in [0.25, 0.3) is 0 Å². The average molecular weight is 451 g/mol. The van der Waals surface area contributed by atoms with E-state index in [9.17, 15) is 9.59 Å². The van der Waals surface area contributed by atoms with Gasteiger partial charge in [0.2, 0.25) is 0 Å². The number of piperidine rings is 3. The lowest BCUT2D eigenvalue weighted by molar-refractivity contribution is -0.00222. The Kier molecular flexibility index (Phi) is 6.23. The van der Waals surface area contributed by atoms with Crippen LogP contribution < -0.4 is 5.32 Å². The molecule has 6 rings (SSSR count). The molecule has 1 N–H and O–H groups in total. The highest BCUT2D eigenvalue weighted by atomic mass is 16.5. The summed E-state index contributed by atoms with van der Waals surface area (Å²) in [4.78, 5) is 26.2. The summed E-state index contributed by atoms with van der Waals surface area (Å²) in [7, 11) is 2.10. The number of nitrogens with zero attached hydrogens (tertiary/aromatic N) is 3. The van der Waals surface area contributed by atoms with Crippen LogP contribution in [0.15, 0.2) is 30.3 Å². The maximum Gasteiger partial charge on any atom is 0.411 e. The van der Waals surface area contributed by atoms with Crippen LogP contribution in [0.5, 0.6) is 0 Å². The molecule has 4 fully saturated rings. The van der Waals surface area contributed by atoms with Crippen LogP contribution >= 0.6 is 0 Å². The summed E-state index contributed by atoms with van der Waals surface area (Å²) in [5, 5.41) is 7.65. The van der Waals surface area contributed by atoms with Gasteiger partial charge in [-0.3, -0.25) is 19.7 Å². The fourth-order valence-electron chi connectivity index (χ4n) is 6.03. The highest BCUT2D eigenvalue weighted by Gasteiger charge is 2.42. The number of aromatic nitrogens is 2. The lowest BCUT2D eigenvalue weighted by atomic mass is 9.74. The Hall–Kier alpha value is -2.67. The van der Waals surface area contributed by atoms with Gasteiger partial charge in [0.1, 0.15) is 6.61 Å². The number of hydrogen-bond donors (Lipinski definition) is 1. The molecule has 1 aliphatic carbocycles. The first-order chi connectivity index (χ1) is 16.0. The van der Waals surface area contributed by atoms with Crippen molar-refractivity contribution in [2.75, 3.05) is 25.0 Å². The molecule has 2 bridgehead atoms. The van der Waals surface area contributed by atoms with E-state index in [0.717, 1.165) is 19.5 Å². The van der Waals surface area contributed by atoms with Crippen molar-refractivity contribution in [3.05, 3.63) is 47.3 Å². The fourth-order valence-corrected chi connectivity index (χ4v) is 6.03. The first-order valence-electron chi connectivity index (χ1n) is 12.3. The minimum absolute atomic E-state index is 0.00437. The molecule has 7 heteroatoms. The zero-order chi connectivity index (χ0) is 22.9. The molecule has 33 heavy (non-hydrogen) atoms. The maximum atomic E-state index is 12.3. The first-order valence-corrected chi connectivity index (χ1v) is 12.3. The SMILES string of the molecule is CC(=O)c1ccc(NC(=O)OC[C@H]2C[C@@H]3CCN2C[C@@H]3c2cc(C3CCCC3)nn2C)cc1. The number of anilines is 1. The molecule has 2 aromatic rings. The van der Waals surface area contributed by atoms with Crippen LogP contribution in [0.4, 0.5) is 10.5 Å². The minimum Gasteiger partial charge on any atom is -0.448 e. The molecule has 3 aliphatic heterocycles. The van der Waals surface area contributed by atoms with Gasteiger partial charge in [-0.1, -0.05) is 12.8 Å². The number of aryl methyl sites for hydroxylation is 1. The van der Waals surface area contributed by atoms with Crippen LogP contribution in [0.25, 0.3) is 0 Å². The van der Waals surface area contributed by atoms with Gasteiger partial charge in [0, 0.05) is 48.4 Å². The Bertz CT molecular complexity index is 1010. The average Bonchev–Trinajstić information content (AvgIpc) is 3.48. The van der Waals surface area contributed by atoms with Gasteiger partial charge in [-0.05, 0) is 75.4 Å². The van der Waals surface area contributed by atoms with Gasteiger partial charge < -0.3 is 4.74 Å². The van der Waals surface area contributed by atoms with E-state index in [1.807, 2.05) is 0 Å². The van der Waals surface area contributed by atoms with Crippen LogP contribution in [0, 0.1) is 5.92 Å². The highest BCUT2D eigenvalue weighted by Crippen LogP contribution is 2.43. The number of benzene rings is 1. The molecule has 1 amide bonds. The van der Waals surface area contributed by atoms with Crippen molar-refractivity contribution in [3.8, 4) is 0 Å². The molecule has 1 unspecified atom stereocenters. The van der Waals surface area contributed by atoms with Gasteiger partial charge in [-0.25, -0.2) is 4.79 Å². The number of carbonyl (C=O) groups excluding carboxylic acids is 2. The van der Waals surface area contributed by atoms with E-state index in [-0.39, 0.29) is 11.8 Å². The number of fused-ring (bicyclic) bond motifs is 3. The number of hydrogen-bond acceptors (Lipinski definition) is 5. The summed E-state index contributed by atoms with van der Waals surface area (Å²) in [5.74, 6) is 1.77. The van der Waals surface area contributed by atoms with Crippen LogP contribution in [0.1, 0.15) is 79.0 Å². The summed E-state index contributed by atoms with van der Waals surface area (Å²) in [6, 6.07) is 9.51. The van der Waals surface area contributed by atoms with E-state index >= 15 is 0 Å². The highest BCUT2D eigenvalue weighted by molar-refractivity contribution is 5.94. The molecule has 0 spiro atoms. The van der Waals surface area contributed by atoms with Crippen molar-refractivity contribution in [3.63, 3.8) is 0 Å². The summed E-state index contributed by atoms with van der Waals surface area (Å²) in [6.45, 7) is 4.00. The first kappa shape index (κ1) is 22.1. The van der Waals surface area contributed by atoms with Crippen molar-refractivity contribution in [2.45, 2.75) is 63.3 Å². The number of Topliss-reactive ketones (excluding diaryl/α,β-unsaturated/α-hetero) is 1. The molecule has 4 atom stereocenters. The molecule has 7 nitrogen and oxygen atoms in total. The second kappa shape index (κ2) is 9.29. The summed E-state index contributed by atoms with van der Waals surface area (Å²) < 4.78 is 7.70. The molecule has 0 radical (unpaired) electrons. The zero-order valence-corrected chi connectivity index (χ0v) is 19.6. The Morgan fingerprint density at radius 2 is 1.91 bits per heavy atom. The van der Waals surface area contributed by atoms with Gasteiger partial charge in [0.15, 0.2) is 5.78 Å². The predicted octanol–water partition coefficient (Wildman–Crippen LogP) is 4.71. The molecular weight excluding hydrogens is 416 g/mol. The van der Waals surface area contributed by atoms with Crippen LogP contribution in [-0.4, -0.2) is 52.3 Å². The normalized spacial score (nSPS) is 27.0. The van der Waals surface area contributed by atoms with Crippen molar-refractivity contribution >= 4 is 17.6 Å². The monoisotopic (exact) mass is 450 g/mol. The molecule has 4 aliphatic rings. The van der Waals surface area contributed by atoms with Crippen molar-refractivity contribution in [1.82, 2.24) is 14.7 Å². The number of amides is 1. The Morgan fingerprint density at radius 3 is 2.58 bits per heavy atom. The third-order valence-corrected chi connectivity index (χ3v) is 7.91. The lowest BCUT2D eigenvalue weighted by Gasteiger charge is -2.49. The van der Waals surface area contributed by atoms with Crippen LogP contribution in [-0.2, 0) is 11.8 Å². The second-order valence-electron chi connectivity index (χ2n) is 10.00. The summed E-state index contributed by atoms with van der Waals surface area (Å²) in [5.41, 5.74) is 3.91. The molecule has 1 aromatic carbocycles. The topological polar surface area (TPSA) is 76.5 Å². The Labute approximate surface area is 195 Å². The molecule has 176 valence electrons. The van der Waals surface area contributed by atoms with Crippen molar-refractivity contribution in [1.29, 1.82) is 0 Å². The molecule has 3 saturated heterocycles. The van der Waals surface area contributed by atoms with Crippen molar-refractivity contribution in [2.24, 2.45) is 13.0 Å². The number of rotatable bonds is 6. The van der Waals surface area contributed by atoms with E-state index in [1.54, 1.807) is 24.3 Å². The number of nitrogens with one attached hydrogen (secondary N) is 1. The number of ketones is 1. The van der Waals surface area contributed by atoms with Gasteiger partial charge in [-0.2, -0.15) is 5.10 Å². The summed E-state index contributed by atoms with van der Waals surface area (Å²) >= 11 is 0. The zero-order valence-electron chi connectivity index (χ0n) is 19.6. The summed E-state index contributed by atoms with van der Waals surface area (Å²) in [6.07, 6.45) is 7.01. The molecular formula is C26H34N4O3. The quantitative estimate of drug-likeness (QED) is 0.645. The third kappa shape index (κ3) is 4.69. The maximum absolute atomic E-state index is 12.3. The molecule has 4 heterocycles. The van der Waals surface area contributed by atoms with E-state index in [1.165, 1.54) is 50.4 Å². The van der Waals surface area contributed by atoms with E-state index < -0.39 is 6.09 Å². The van der Waals surface area contributed by atoms with Crippen LogP contribution in [0.2, 0.25) is 0 Å². The van der Waals surface area contributed by atoms with Crippen molar-refractivity contribution < 1.29 is 14.3 Å². The van der Waals surface area contributed by atoms with Gasteiger partial charge in [0.05, 0.1) is 5.69 Å².